The number of unbranched alkanes of at least 4 members (excludes halogenated alkanes) is 2. The highest BCUT2D eigenvalue weighted by Crippen LogP contribution is 2.30. The van der Waals surface area contributed by atoms with Gasteiger partial charge in [0.05, 0.1) is 13.7 Å². The number of amides is 1. The largest absolute Gasteiger partial charge is 0.493 e. The van der Waals surface area contributed by atoms with Gasteiger partial charge in [-0.3, -0.25) is 5.32 Å². The van der Waals surface area contributed by atoms with Crippen LogP contribution in [0.2, 0.25) is 0 Å². The lowest BCUT2D eigenvalue weighted by Gasteiger charge is -2.12. The molecule has 0 fully saturated rings. The molecular weight excluding hydrogens is 234 g/mol. The van der Waals surface area contributed by atoms with Crippen molar-refractivity contribution in [1.29, 1.82) is 0 Å². The molecule has 1 aromatic carbocycles. The van der Waals surface area contributed by atoms with Crippen molar-refractivity contribution in [3.63, 3.8) is 0 Å². The molecule has 1 amide bonds. The first kappa shape index (κ1) is 14.2. The van der Waals surface area contributed by atoms with Gasteiger partial charge in [-0.25, -0.2) is 4.79 Å². The number of nitrogens with one attached hydrogen (secondary N) is 1. The third-order valence-electron chi connectivity index (χ3n) is 2.42. The van der Waals surface area contributed by atoms with Crippen LogP contribution in [-0.2, 0) is 0 Å². The summed E-state index contributed by atoms with van der Waals surface area (Å²) in [5.41, 5.74) is 0.466. The highest BCUT2D eigenvalue weighted by Gasteiger charge is 2.07. The van der Waals surface area contributed by atoms with Crippen molar-refractivity contribution < 1.29 is 19.4 Å². The SMILES string of the molecule is CCCCCOc1cc(NC(=O)O)ccc1OC. The molecule has 0 saturated heterocycles. The van der Waals surface area contributed by atoms with E-state index in [1.165, 1.54) is 0 Å². The molecule has 0 heterocycles. The molecule has 0 spiro atoms. The first-order valence-electron chi connectivity index (χ1n) is 5.98. The van der Waals surface area contributed by atoms with E-state index < -0.39 is 6.09 Å². The van der Waals surface area contributed by atoms with Crippen LogP contribution >= 0.6 is 0 Å². The Balaban J connectivity index is 2.69. The van der Waals surface area contributed by atoms with Crippen LogP contribution in [0.5, 0.6) is 11.5 Å². The molecule has 0 atom stereocenters. The number of hydrogen-bond acceptors (Lipinski definition) is 3. The molecule has 0 aliphatic rings. The second-order valence-corrected chi connectivity index (χ2v) is 3.85. The summed E-state index contributed by atoms with van der Waals surface area (Å²) in [5.74, 6) is 1.15. The van der Waals surface area contributed by atoms with Crippen molar-refractivity contribution >= 4 is 11.8 Å². The van der Waals surface area contributed by atoms with E-state index in [4.69, 9.17) is 14.6 Å². The van der Waals surface area contributed by atoms with Gasteiger partial charge < -0.3 is 14.6 Å². The summed E-state index contributed by atoms with van der Waals surface area (Å²) < 4.78 is 10.8. The van der Waals surface area contributed by atoms with Crippen LogP contribution in [0, 0.1) is 0 Å². The van der Waals surface area contributed by atoms with E-state index in [0.29, 0.717) is 23.8 Å². The van der Waals surface area contributed by atoms with Crippen LogP contribution in [0.4, 0.5) is 10.5 Å². The number of hydrogen-bond donors (Lipinski definition) is 2. The topological polar surface area (TPSA) is 67.8 Å². The lowest BCUT2D eigenvalue weighted by molar-refractivity contribution is 0.209. The summed E-state index contributed by atoms with van der Waals surface area (Å²) >= 11 is 0. The Kier molecular flexibility index (Phi) is 5.84. The maximum absolute atomic E-state index is 10.6. The van der Waals surface area contributed by atoms with Crippen molar-refractivity contribution in [2.45, 2.75) is 26.2 Å². The molecule has 0 unspecified atom stereocenters. The third-order valence-corrected chi connectivity index (χ3v) is 2.42. The fraction of sp³-hybridized carbons (Fsp3) is 0.462. The maximum Gasteiger partial charge on any atom is 0.409 e. The van der Waals surface area contributed by atoms with Crippen LogP contribution < -0.4 is 14.8 Å². The van der Waals surface area contributed by atoms with Gasteiger partial charge >= 0.3 is 6.09 Å². The molecule has 0 saturated carbocycles. The Labute approximate surface area is 107 Å². The Bertz CT molecular complexity index is 393. The van der Waals surface area contributed by atoms with E-state index in [9.17, 15) is 4.79 Å². The highest BCUT2D eigenvalue weighted by molar-refractivity contribution is 5.83. The Morgan fingerprint density at radius 2 is 2.11 bits per heavy atom. The number of anilines is 1. The Morgan fingerprint density at radius 3 is 2.72 bits per heavy atom. The van der Waals surface area contributed by atoms with Gasteiger partial charge in [0.2, 0.25) is 0 Å². The number of rotatable bonds is 7. The predicted octanol–water partition coefficient (Wildman–Crippen LogP) is 3.35. The summed E-state index contributed by atoms with van der Waals surface area (Å²) in [4.78, 5) is 10.6. The molecule has 0 radical (unpaired) electrons. The average molecular weight is 253 g/mol. The van der Waals surface area contributed by atoms with E-state index in [2.05, 4.69) is 12.2 Å². The molecule has 2 N–H and O–H groups in total. The van der Waals surface area contributed by atoms with E-state index in [-0.39, 0.29) is 0 Å². The maximum atomic E-state index is 10.6. The molecule has 0 bridgehead atoms. The first-order chi connectivity index (χ1) is 8.67. The van der Waals surface area contributed by atoms with Gasteiger partial charge in [0.25, 0.3) is 0 Å². The van der Waals surface area contributed by atoms with Crippen molar-refractivity contribution in [1.82, 2.24) is 0 Å². The zero-order valence-electron chi connectivity index (χ0n) is 10.7. The summed E-state index contributed by atoms with van der Waals surface area (Å²) in [6.07, 6.45) is 2.10. The molecule has 0 aliphatic carbocycles. The number of methoxy groups -OCH3 is 1. The molecule has 100 valence electrons. The van der Waals surface area contributed by atoms with Gasteiger partial charge in [-0.1, -0.05) is 19.8 Å². The van der Waals surface area contributed by atoms with Crippen molar-refractivity contribution in [3.8, 4) is 11.5 Å². The van der Waals surface area contributed by atoms with Gasteiger partial charge in [-0.2, -0.15) is 0 Å². The highest BCUT2D eigenvalue weighted by atomic mass is 16.5. The molecule has 0 aliphatic heterocycles. The zero-order valence-corrected chi connectivity index (χ0v) is 10.7. The van der Waals surface area contributed by atoms with Crippen molar-refractivity contribution in [3.05, 3.63) is 18.2 Å². The van der Waals surface area contributed by atoms with E-state index >= 15 is 0 Å². The fourth-order valence-corrected chi connectivity index (χ4v) is 1.52. The third kappa shape index (κ3) is 4.53. The molecule has 1 rings (SSSR count). The minimum atomic E-state index is -1.10. The van der Waals surface area contributed by atoms with Gasteiger partial charge in [-0.15, -0.1) is 0 Å². The standard InChI is InChI=1S/C13H19NO4/c1-3-4-5-8-18-12-9-10(14-13(15)16)6-7-11(12)17-2/h6-7,9,14H,3-5,8H2,1-2H3,(H,15,16). The molecule has 1 aromatic rings. The number of carboxylic acid groups (broad SMARTS) is 1. The summed E-state index contributed by atoms with van der Waals surface area (Å²) in [6, 6.07) is 4.94. The average Bonchev–Trinajstić information content (AvgIpc) is 2.34. The predicted molar refractivity (Wildman–Crippen MR) is 69.7 cm³/mol. The second kappa shape index (κ2) is 7.42. The molecule has 0 aromatic heterocycles. The number of ether oxygens (including phenoxy) is 2. The number of benzene rings is 1. The van der Waals surface area contributed by atoms with E-state index in [1.807, 2.05) is 0 Å². The van der Waals surface area contributed by atoms with E-state index in [0.717, 1.165) is 19.3 Å². The second-order valence-electron chi connectivity index (χ2n) is 3.85. The normalized spacial score (nSPS) is 9.89. The molecule has 5 heteroatoms. The van der Waals surface area contributed by atoms with Crippen LogP contribution in [0.1, 0.15) is 26.2 Å². The number of carbonyl (C=O) groups is 1. The van der Waals surface area contributed by atoms with Gasteiger partial charge in [0.15, 0.2) is 11.5 Å². The lowest BCUT2D eigenvalue weighted by Crippen LogP contribution is -2.07. The van der Waals surface area contributed by atoms with Gasteiger partial charge in [0.1, 0.15) is 0 Å². The molecule has 18 heavy (non-hydrogen) atoms. The Hall–Kier alpha value is -1.91. The summed E-state index contributed by atoms with van der Waals surface area (Å²) in [5, 5.41) is 10.9. The monoisotopic (exact) mass is 253 g/mol. The first-order valence-corrected chi connectivity index (χ1v) is 5.98. The van der Waals surface area contributed by atoms with Gasteiger partial charge in [-0.05, 0) is 18.6 Å². The fourth-order valence-electron chi connectivity index (χ4n) is 1.52. The quantitative estimate of drug-likeness (QED) is 0.731. The zero-order chi connectivity index (χ0) is 13.4. The van der Waals surface area contributed by atoms with Gasteiger partial charge in [0, 0.05) is 11.8 Å². The minimum Gasteiger partial charge on any atom is -0.493 e. The minimum absolute atomic E-state index is 0.466. The van der Waals surface area contributed by atoms with Crippen LogP contribution in [0.3, 0.4) is 0 Å². The van der Waals surface area contributed by atoms with Crippen molar-refractivity contribution in [2.24, 2.45) is 0 Å². The van der Waals surface area contributed by atoms with Crippen molar-refractivity contribution in [2.75, 3.05) is 19.0 Å². The molecular formula is C13H19NO4. The summed E-state index contributed by atoms with van der Waals surface area (Å²) in [7, 11) is 1.55. The Morgan fingerprint density at radius 1 is 1.33 bits per heavy atom. The van der Waals surface area contributed by atoms with Crippen LogP contribution in [-0.4, -0.2) is 24.9 Å². The molecule has 5 nitrogen and oxygen atoms in total. The lowest BCUT2D eigenvalue weighted by atomic mass is 10.2. The van der Waals surface area contributed by atoms with Crippen LogP contribution in [0.15, 0.2) is 18.2 Å². The van der Waals surface area contributed by atoms with Crippen LogP contribution in [0.25, 0.3) is 0 Å². The summed E-state index contributed by atoms with van der Waals surface area (Å²) in [6.45, 7) is 2.72. The smallest absolute Gasteiger partial charge is 0.409 e. The van der Waals surface area contributed by atoms with E-state index in [1.54, 1.807) is 25.3 Å².